The number of nitrogens with one attached hydrogen (secondary N) is 1. The predicted octanol–water partition coefficient (Wildman–Crippen LogP) is 2.31. The summed E-state index contributed by atoms with van der Waals surface area (Å²) in [5, 5.41) is 0. The molecule has 1 aromatic rings. The molecule has 1 heterocycles. The van der Waals surface area contributed by atoms with Gasteiger partial charge in [-0.3, -0.25) is 0 Å². The van der Waals surface area contributed by atoms with Crippen LogP contribution in [0.1, 0.15) is 25.7 Å². The van der Waals surface area contributed by atoms with Crippen LogP contribution in [0, 0.1) is 5.92 Å². The Labute approximate surface area is 120 Å². The highest BCUT2D eigenvalue weighted by Crippen LogP contribution is 2.29. The molecule has 2 rings (SSSR count). The Kier molecular flexibility index (Phi) is 4.82. The highest BCUT2D eigenvalue weighted by Gasteiger charge is 2.29. The van der Waals surface area contributed by atoms with Crippen LogP contribution in [0.3, 0.4) is 0 Å². The van der Waals surface area contributed by atoms with Gasteiger partial charge >= 0.3 is 0 Å². The maximum atomic E-state index is 12.2. The molecule has 0 aliphatic heterocycles. The third-order valence-electron chi connectivity index (χ3n) is 3.33. The highest BCUT2D eigenvalue weighted by molar-refractivity contribution is 9.11. The zero-order valence-electron chi connectivity index (χ0n) is 9.93. The lowest BCUT2D eigenvalue weighted by molar-refractivity contribution is 0.296. The van der Waals surface area contributed by atoms with Crippen molar-refractivity contribution in [1.29, 1.82) is 0 Å². The van der Waals surface area contributed by atoms with Crippen molar-refractivity contribution >= 4 is 37.3 Å². The molecule has 4 nitrogen and oxygen atoms in total. The van der Waals surface area contributed by atoms with Crippen molar-refractivity contribution in [2.75, 3.05) is 6.54 Å². The molecule has 0 aromatic carbocycles. The Bertz CT molecular complexity index is 501. The maximum absolute atomic E-state index is 12.2. The Balaban J connectivity index is 2.12. The van der Waals surface area contributed by atoms with E-state index in [1.807, 2.05) is 0 Å². The molecule has 1 aliphatic carbocycles. The first-order valence-corrected chi connectivity index (χ1v) is 9.10. The van der Waals surface area contributed by atoms with Crippen LogP contribution in [0.15, 0.2) is 20.1 Å². The second-order valence-corrected chi connectivity index (χ2v) is 8.97. The molecule has 1 aliphatic rings. The number of thiophene rings is 1. The first kappa shape index (κ1) is 14.5. The number of sulfonamides is 1. The first-order chi connectivity index (χ1) is 8.53. The summed E-state index contributed by atoms with van der Waals surface area (Å²) < 4.78 is 28.4. The molecule has 3 N–H and O–H groups in total. The van der Waals surface area contributed by atoms with Crippen LogP contribution in [-0.4, -0.2) is 21.0 Å². The van der Waals surface area contributed by atoms with Crippen LogP contribution < -0.4 is 10.5 Å². The van der Waals surface area contributed by atoms with E-state index in [2.05, 4.69) is 20.7 Å². The Hall–Kier alpha value is 0.0500. The van der Waals surface area contributed by atoms with Crippen LogP contribution in [-0.2, 0) is 10.0 Å². The summed E-state index contributed by atoms with van der Waals surface area (Å²) in [7, 11) is -3.40. The SMILES string of the molecule is NCC1CCCCC1NS(=O)(=O)c1ccc(Br)s1. The molecular weight excluding hydrogens is 336 g/mol. The molecule has 2 atom stereocenters. The average molecular weight is 353 g/mol. The lowest BCUT2D eigenvalue weighted by Crippen LogP contribution is -2.44. The molecule has 0 saturated heterocycles. The highest BCUT2D eigenvalue weighted by atomic mass is 79.9. The molecule has 1 saturated carbocycles. The third kappa shape index (κ3) is 3.33. The van der Waals surface area contributed by atoms with Crippen molar-refractivity contribution in [1.82, 2.24) is 4.72 Å². The van der Waals surface area contributed by atoms with E-state index in [1.165, 1.54) is 11.3 Å². The van der Waals surface area contributed by atoms with Gasteiger partial charge in [0.2, 0.25) is 10.0 Å². The minimum Gasteiger partial charge on any atom is -0.330 e. The van der Waals surface area contributed by atoms with Crippen LogP contribution >= 0.6 is 27.3 Å². The first-order valence-electron chi connectivity index (χ1n) is 6.00. The molecule has 18 heavy (non-hydrogen) atoms. The molecule has 2 unspecified atom stereocenters. The van der Waals surface area contributed by atoms with E-state index in [0.29, 0.717) is 10.8 Å². The van der Waals surface area contributed by atoms with Gasteiger partial charge in [0.15, 0.2) is 0 Å². The monoisotopic (exact) mass is 352 g/mol. The van der Waals surface area contributed by atoms with Gasteiger partial charge in [-0.15, -0.1) is 11.3 Å². The van der Waals surface area contributed by atoms with Gasteiger partial charge in [-0.25, -0.2) is 13.1 Å². The van der Waals surface area contributed by atoms with Crippen molar-refractivity contribution < 1.29 is 8.42 Å². The Morgan fingerprint density at radius 1 is 1.39 bits per heavy atom. The van der Waals surface area contributed by atoms with Crippen LogP contribution in [0.25, 0.3) is 0 Å². The van der Waals surface area contributed by atoms with Crippen molar-refractivity contribution in [2.24, 2.45) is 11.7 Å². The number of halogens is 1. The summed E-state index contributed by atoms with van der Waals surface area (Å²) in [6.07, 6.45) is 4.11. The predicted molar refractivity (Wildman–Crippen MR) is 77.1 cm³/mol. The average Bonchev–Trinajstić information content (AvgIpc) is 2.77. The van der Waals surface area contributed by atoms with Crippen molar-refractivity contribution in [3.05, 3.63) is 15.9 Å². The smallest absolute Gasteiger partial charge is 0.250 e. The van der Waals surface area contributed by atoms with Crippen LogP contribution in [0.2, 0.25) is 0 Å². The van der Waals surface area contributed by atoms with Gasteiger partial charge in [0, 0.05) is 6.04 Å². The lowest BCUT2D eigenvalue weighted by atomic mass is 9.85. The van der Waals surface area contributed by atoms with E-state index < -0.39 is 10.0 Å². The molecule has 7 heteroatoms. The molecule has 0 spiro atoms. The fourth-order valence-electron chi connectivity index (χ4n) is 2.34. The van der Waals surface area contributed by atoms with Gasteiger partial charge in [0.05, 0.1) is 3.79 Å². The van der Waals surface area contributed by atoms with Crippen molar-refractivity contribution in [3.63, 3.8) is 0 Å². The quantitative estimate of drug-likeness (QED) is 0.873. The zero-order valence-corrected chi connectivity index (χ0v) is 13.2. The molecule has 0 radical (unpaired) electrons. The lowest BCUT2D eigenvalue weighted by Gasteiger charge is -2.30. The summed E-state index contributed by atoms with van der Waals surface area (Å²) in [5.41, 5.74) is 5.72. The van der Waals surface area contributed by atoms with E-state index in [4.69, 9.17) is 5.73 Å². The Morgan fingerprint density at radius 2 is 2.11 bits per heavy atom. The minimum atomic E-state index is -3.40. The molecule has 1 aromatic heterocycles. The summed E-state index contributed by atoms with van der Waals surface area (Å²) in [6.45, 7) is 0.543. The van der Waals surface area contributed by atoms with Gasteiger partial charge in [0.25, 0.3) is 0 Å². The number of rotatable bonds is 4. The normalized spacial score (nSPS) is 25.2. The minimum absolute atomic E-state index is 0.0189. The van der Waals surface area contributed by atoms with E-state index >= 15 is 0 Å². The van der Waals surface area contributed by atoms with Gasteiger partial charge in [-0.1, -0.05) is 12.8 Å². The molecule has 0 amide bonds. The fourth-order valence-corrected chi connectivity index (χ4v) is 5.71. The second kappa shape index (κ2) is 6.00. The Morgan fingerprint density at radius 3 is 2.72 bits per heavy atom. The van der Waals surface area contributed by atoms with E-state index in [9.17, 15) is 8.42 Å². The molecular formula is C11H17BrN2O2S2. The number of hydrogen-bond donors (Lipinski definition) is 2. The summed E-state index contributed by atoms with van der Waals surface area (Å²) >= 11 is 4.51. The van der Waals surface area contributed by atoms with Crippen molar-refractivity contribution in [2.45, 2.75) is 35.9 Å². The van der Waals surface area contributed by atoms with Gasteiger partial charge < -0.3 is 5.73 Å². The van der Waals surface area contributed by atoms with Gasteiger partial charge in [0.1, 0.15) is 4.21 Å². The fraction of sp³-hybridized carbons (Fsp3) is 0.636. The van der Waals surface area contributed by atoms with E-state index in [1.54, 1.807) is 12.1 Å². The number of hydrogen-bond acceptors (Lipinski definition) is 4. The summed E-state index contributed by atoms with van der Waals surface area (Å²) in [4.78, 5) is 0. The van der Waals surface area contributed by atoms with Crippen molar-refractivity contribution in [3.8, 4) is 0 Å². The van der Waals surface area contributed by atoms with E-state index in [0.717, 1.165) is 29.5 Å². The molecule has 0 bridgehead atoms. The topological polar surface area (TPSA) is 72.2 Å². The van der Waals surface area contributed by atoms with Crippen LogP contribution in [0.5, 0.6) is 0 Å². The van der Waals surface area contributed by atoms with E-state index in [-0.39, 0.29) is 12.0 Å². The third-order valence-corrected chi connectivity index (χ3v) is 6.94. The number of nitrogens with two attached hydrogens (primary N) is 1. The standard InChI is InChI=1S/C11H17BrN2O2S2/c12-10-5-6-11(17-10)18(15,16)14-9-4-2-1-3-8(9)7-13/h5-6,8-9,14H,1-4,7,13H2. The summed E-state index contributed by atoms with van der Waals surface area (Å²) in [5.74, 6) is 0.261. The second-order valence-electron chi connectivity index (χ2n) is 4.57. The largest absolute Gasteiger partial charge is 0.330 e. The molecule has 102 valence electrons. The van der Waals surface area contributed by atoms with Gasteiger partial charge in [-0.2, -0.15) is 0 Å². The zero-order chi connectivity index (χ0) is 13.2. The summed E-state index contributed by atoms with van der Waals surface area (Å²) in [6, 6.07) is 3.35. The van der Waals surface area contributed by atoms with Crippen LogP contribution in [0.4, 0.5) is 0 Å². The van der Waals surface area contributed by atoms with Gasteiger partial charge in [-0.05, 0) is 53.4 Å². The molecule has 1 fully saturated rings. The maximum Gasteiger partial charge on any atom is 0.250 e.